The van der Waals surface area contributed by atoms with E-state index in [1.165, 1.54) is 25.5 Å². The van der Waals surface area contributed by atoms with Gasteiger partial charge in [0.1, 0.15) is 0 Å². The number of phenolic OH excluding ortho intramolecular Hbond substituents is 1. The number of phenols is 1. The summed E-state index contributed by atoms with van der Waals surface area (Å²) >= 11 is 3.74. The Bertz CT molecular complexity index is 1750. The van der Waals surface area contributed by atoms with Crippen molar-refractivity contribution in [3.63, 3.8) is 0 Å². The van der Waals surface area contributed by atoms with Gasteiger partial charge in [0.15, 0.2) is 23.0 Å². The second-order valence-corrected chi connectivity index (χ2v) is 12.4. The van der Waals surface area contributed by atoms with Crippen LogP contribution in [-0.2, 0) is 17.9 Å². The average Bonchev–Trinajstić information content (AvgIpc) is 3.73. The summed E-state index contributed by atoms with van der Waals surface area (Å²) in [5.74, 6) is 1.42. The second kappa shape index (κ2) is 12.5. The van der Waals surface area contributed by atoms with Crippen molar-refractivity contribution < 1.29 is 24.1 Å². The summed E-state index contributed by atoms with van der Waals surface area (Å²) in [7, 11) is 1.53. The van der Waals surface area contributed by atoms with Crippen LogP contribution < -0.4 is 19.5 Å². The van der Waals surface area contributed by atoms with Crippen molar-refractivity contribution in [2.24, 2.45) is 0 Å². The predicted molar refractivity (Wildman–Crippen MR) is 176 cm³/mol. The molecule has 2 N–H and O–H groups in total. The molecular formula is C36H34BrN3O5. The van der Waals surface area contributed by atoms with Gasteiger partial charge in [-0.3, -0.25) is 9.69 Å². The van der Waals surface area contributed by atoms with E-state index in [1.54, 1.807) is 6.07 Å². The Morgan fingerprint density at radius 3 is 2.44 bits per heavy atom. The number of hydrogen-bond acceptors (Lipinski definition) is 7. The molecule has 0 radical (unpaired) electrons. The van der Waals surface area contributed by atoms with Crippen LogP contribution in [0.5, 0.6) is 23.0 Å². The maximum Gasteiger partial charge on any atom is 0.257 e. The van der Waals surface area contributed by atoms with E-state index in [2.05, 4.69) is 55.3 Å². The van der Waals surface area contributed by atoms with Crippen molar-refractivity contribution in [3.05, 3.63) is 117 Å². The number of hydrogen-bond donors (Lipinski definition) is 2. The number of nitrogens with one attached hydrogen (secondary N) is 1. The highest BCUT2D eigenvalue weighted by Gasteiger charge is 2.34. The number of carbonyl (C=O) groups excluding carboxylic acids is 1. The summed E-state index contributed by atoms with van der Waals surface area (Å²) < 4.78 is 17.7. The molecule has 0 aromatic heterocycles. The van der Waals surface area contributed by atoms with Crippen LogP contribution in [0.25, 0.3) is 5.57 Å². The Balaban J connectivity index is 1.33. The normalized spacial score (nSPS) is 17.2. The number of nitrogens with zero attached hydrogens (tertiary/aromatic N) is 2. The summed E-state index contributed by atoms with van der Waals surface area (Å²) in [6, 6.07) is 25.2. The van der Waals surface area contributed by atoms with Gasteiger partial charge in [-0.15, -0.1) is 0 Å². The summed E-state index contributed by atoms with van der Waals surface area (Å²) in [5, 5.41) is 13.9. The molecule has 7 rings (SSSR count). The fourth-order valence-corrected chi connectivity index (χ4v) is 6.83. The van der Waals surface area contributed by atoms with E-state index >= 15 is 0 Å². The molecule has 1 fully saturated rings. The van der Waals surface area contributed by atoms with Gasteiger partial charge in [-0.05, 0) is 90.1 Å². The van der Waals surface area contributed by atoms with Gasteiger partial charge in [-0.25, -0.2) is 0 Å². The number of ether oxygens (including phenoxy) is 3. The lowest BCUT2D eigenvalue weighted by Crippen LogP contribution is -2.31. The SMILES string of the molecule is COc1cc2c(cc1O)C(C(=O)Nc1ccccc1)=CN(Cc1cc3c(cc1Br)OCO3)C2c1ccc(CN2CCCC2)cc1. The minimum Gasteiger partial charge on any atom is -0.504 e. The zero-order valence-corrected chi connectivity index (χ0v) is 26.5. The van der Waals surface area contributed by atoms with Crippen LogP contribution >= 0.6 is 15.9 Å². The highest BCUT2D eigenvalue weighted by molar-refractivity contribution is 9.10. The minimum atomic E-state index is -0.277. The Morgan fingerprint density at radius 2 is 1.71 bits per heavy atom. The van der Waals surface area contributed by atoms with Gasteiger partial charge in [0, 0.05) is 29.4 Å². The Morgan fingerprint density at radius 1 is 0.978 bits per heavy atom. The van der Waals surface area contributed by atoms with Gasteiger partial charge in [-0.1, -0.05) is 58.4 Å². The molecule has 1 atom stereocenters. The van der Waals surface area contributed by atoms with Gasteiger partial charge in [0.2, 0.25) is 6.79 Å². The number of likely N-dealkylation sites (tertiary alicyclic amines) is 1. The number of benzene rings is 4. The largest absolute Gasteiger partial charge is 0.504 e. The van der Waals surface area contributed by atoms with Crippen molar-refractivity contribution in [2.75, 3.05) is 32.3 Å². The van der Waals surface area contributed by atoms with Crippen LogP contribution in [0.15, 0.2) is 89.5 Å². The first-order valence-electron chi connectivity index (χ1n) is 15.1. The first-order chi connectivity index (χ1) is 22.0. The molecule has 1 amide bonds. The van der Waals surface area contributed by atoms with Crippen molar-refractivity contribution in [1.29, 1.82) is 0 Å². The summed E-state index contributed by atoms with van der Waals surface area (Å²) in [6.45, 7) is 3.85. The monoisotopic (exact) mass is 667 g/mol. The van der Waals surface area contributed by atoms with Crippen LogP contribution in [0.3, 0.4) is 0 Å². The van der Waals surface area contributed by atoms with Crippen LogP contribution in [0, 0.1) is 0 Å². The maximum absolute atomic E-state index is 13.9. The molecular weight excluding hydrogens is 634 g/mol. The first kappa shape index (κ1) is 29.3. The zero-order chi connectivity index (χ0) is 30.9. The molecule has 4 aromatic carbocycles. The molecule has 0 spiro atoms. The number of fused-ring (bicyclic) bond motifs is 2. The quantitative estimate of drug-likeness (QED) is 0.208. The van der Waals surface area contributed by atoms with E-state index in [1.807, 2.05) is 54.7 Å². The Hall–Kier alpha value is -4.47. The molecule has 3 aliphatic rings. The van der Waals surface area contributed by atoms with Gasteiger partial charge in [0.05, 0.1) is 18.7 Å². The molecule has 3 heterocycles. The van der Waals surface area contributed by atoms with E-state index in [9.17, 15) is 9.90 Å². The molecule has 0 saturated carbocycles. The molecule has 8 nitrogen and oxygen atoms in total. The number of aromatic hydroxyl groups is 1. The number of amides is 1. The lowest BCUT2D eigenvalue weighted by Gasteiger charge is -2.38. The van der Waals surface area contributed by atoms with Crippen LogP contribution in [0.1, 0.15) is 46.7 Å². The second-order valence-electron chi connectivity index (χ2n) is 11.6. The molecule has 0 bridgehead atoms. The number of rotatable bonds is 8. The minimum absolute atomic E-state index is 0.0265. The molecule has 9 heteroatoms. The van der Waals surface area contributed by atoms with Crippen LogP contribution in [0.2, 0.25) is 0 Å². The molecule has 4 aromatic rings. The van der Waals surface area contributed by atoms with E-state index < -0.39 is 0 Å². The van der Waals surface area contributed by atoms with Gasteiger partial charge >= 0.3 is 0 Å². The fraction of sp³-hybridized carbons (Fsp3) is 0.250. The summed E-state index contributed by atoms with van der Waals surface area (Å²) in [6.07, 6.45) is 4.40. The van der Waals surface area contributed by atoms with E-state index in [4.69, 9.17) is 14.2 Å². The zero-order valence-electron chi connectivity index (χ0n) is 25.0. The van der Waals surface area contributed by atoms with Crippen LogP contribution in [0.4, 0.5) is 5.69 Å². The van der Waals surface area contributed by atoms with Gasteiger partial charge in [0.25, 0.3) is 5.91 Å². The highest BCUT2D eigenvalue weighted by atomic mass is 79.9. The first-order valence-corrected chi connectivity index (χ1v) is 15.9. The molecule has 3 aliphatic heterocycles. The summed E-state index contributed by atoms with van der Waals surface area (Å²) in [4.78, 5) is 18.5. The molecule has 230 valence electrons. The number of halogens is 1. The van der Waals surface area contributed by atoms with Crippen molar-refractivity contribution in [1.82, 2.24) is 9.80 Å². The van der Waals surface area contributed by atoms with E-state index in [0.29, 0.717) is 40.6 Å². The maximum atomic E-state index is 13.9. The smallest absolute Gasteiger partial charge is 0.257 e. The standard InChI is InChI=1S/C36H34BrN3O5/c1-43-32-17-28-27(16-31(32)41)29(36(42)38-26-7-3-2-4-8-26)21-40(20-25-15-33-34(18-30(25)37)45-22-44-33)35(28)24-11-9-23(10-12-24)19-39-13-5-6-14-39/h2-4,7-12,15-18,21,35,41H,5-6,13-14,19-20,22H2,1H3,(H,38,42). The third kappa shape index (κ3) is 5.98. The highest BCUT2D eigenvalue weighted by Crippen LogP contribution is 2.46. The number of methoxy groups -OCH3 is 1. The third-order valence-corrected chi connectivity index (χ3v) is 9.37. The van der Waals surface area contributed by atoms with Gasteiger partial charge < -0.3 is 29.5 Å². The van der Waals surface area contributed by atoms with Crippen molar-refractivity contribution in [3.8, 4) is 23.0 Å². The van der Waals surface area contributed by atoms with E-state index in [0.717, 1.165) is 40.8 Å². The molecule has 0 aliphatic carbocycles. The van der Waals surface area contributed by atoms with E-state index in [-0.39, 0.29) is 24.5 Å². The fourth-order valence-electron chi connectivity index (χ4n) is 6.39. The predicted octanol–water partition coefficient (Wildman–Crippen LogP) is 7.07. The Labute approximate surface area is 271 Å². The number of anilines is 1. The average molecular weight is 669 g/mol. The topological polar surface area (TPSA) is 83.5 Å². The Kier molecular flexibility index (Phi) is 8.12. The molecule has 1 unspecified atom stereocenters. The van der Waals surface area contributed by atoms with Crippen molar-refractivity contribution in [2.45, 2.75) is 32.0 Å². The van der Waals surface area contributed by atoms with Gasteiger partial charge in [-0.2, -0.15) is 0 Å². The third-order valence-electron chi connectivity index (χ3n) is 8.63. The van der Waals surface area contributed by atoms with Crippen LogP contribution in [-0.4, -0.2) is 47.8 Å². The number of para-hydroxylation sites is 1. The lowest BCUT2D eigenvalue weighted by molar-refractivity contribution is -0.111. The molecule has 1 saturated heterocycles. The summed E-state index contributed by atoms with van der Waals surface area (Å²) in [5.41, 5.74) is 5.92. The number of carbonyl (C=O) groups is 1. The lowest BCUT2D eigenvalue weighted by atomic mass is 9.85. The van der Waals surface area contributed by atoms with Crippen molar-refractivity contribution >= 4 is 33.1 Å². The molecule has 45 heavy (non-hydrogen) atoms.